The zero-order valence-electron chi connectivity index (χ0n) is 11.9. The average molecular weight is 263 g/mol. The average Bonchev–Trinajstić information content (AvgIpc) is 2.57. The van der Waals surface area contributed by atoms with E-state index < -0.39 is 18.3 Å². The second-order valence-electron chi connectivity index (χ2n) is 5.53. The molecule has 2 heterocycles. The molecule has 1 saturated heterocycles. The maximum absolute atomic E-state index is 11.3. The zero-order valence-corrected chi connectivity index (χ0v) is 11.9. The Hall–Kier alpha value is -1.40. The predicted molar refractivity (Wildman–Crippen MR) is 71.9 cm³/mol. The molecule has 6 heteroatoms. The number of hydrogen-bond acceptors (Lipinski definition) is 5. The summed E-state index contributed by atoms with van der Waals surface area (Å²) >= 11 is 0. The van der Waals surface area contributed by atoms with Gasteiger partial charge in [-0.25, -0.2) is 4.98 Å². The third kappa shape index (κ3) is 2.26. The van der Waals surface area contributed by atoms with E-state index in [-0.39, 0.29) is 5.88 Å². The van der Waals surface area contributed by atoms with E-state index in [4.69, 9.17) is 14.0 Å². The molecule has 0 atom stereocenters. The van der Waals surface area contributed by atoms with Gasteiger partial charge in [0.05, 0.1) is 23.9 Å². The molecule has 5 nitrogen and oxygen atoms in total. The molecule has 0 N–H and O–H groups in total. The third-order valence-electron chi connectivity index (χ3n) is 3.81. The summed E-state index contributed by atoms with van der Waals surface area (Å²) in [6, 6.07) is 1.72. The van der Waals surface area contributed by atoms with Crippen molar-refractivity contribution >= 4 is 18.9 Å². The van der Waals surface area contributed by atoms with E-state index in [2.05, 4.69) is 4.98 Å². The van der Waals surface area contributed by atoms with E-state index in [1.165, 1.54) is 7.11 Å². The molecule has 1 aliphatic heterocycles. The molecule has 1 aliphatic rings. The summed E-state index contributed by atoms with van der Waals surface area (Å²) in [6.45, 7) is 7.86. The van der Waals surface area contributed by atoms with Crippen molar-refractivity contribution in [1.82, 2.24) is 4.98 Å². The lowest BCUT2D eigenvalue weighted by Gasteiger charge is -2.32. The summed E-state index contributed by atoms with van der Waals surface area (Å²) < 4.78 is 16.9. The Balaban J connectivity index is 2.42. The summed E-state index contributed by atoms with van der Waals surface area (Å²) in [5, 5.41) is 0. The Morgan fingerprint density at radius 2 is 1.84 bits per heavy atom. The molecule has 0 bridgehead atoms. The minimum absolute atomic E-state index is 0.280. The van der Waals surface area contributed by atoms with Crippen molar-refractivity contribution in [3.05, 3.63) is 17.8 Å². The Morgan fingerprint density at radius 3 is 2.32 bits per heavy atom. The van der Waals surface area contributed by atoms with Crippen LogP contribution in [0.2, 0.25) is 0 Å². The molecule has 0 amide bonds. The van der Waals surface area contributed by atoms with Crippen molar-refractivity contribution in [2.24, 2.45) is 0 Å². The maximum atomic E-state index is 11.3. The number of methoxy groups -OCH3 is 1. The highest BCUT2D eigenvalue weighted by Gasteiger charge is 2.52. The van der Waals surface area contributed by atoms with Crippen molar-refractivity contribution in [2.75, 3.05) is 7.11 Å². The lowest BCUT2D eigenvalue weighted by molar-refractivity contribution is 0.00578. The number of hydrogen-bond donors (Lipinski definition) is 0. The molecule has 1 aromatic rings. The molecule has 1 aromatic heterocycles. The summed E-state index contributed by atoms with van der Waals surface area (Å²) in [7, 11) is 0.880. The van der Waals surface area contributed by atoms with Crippen LogP contribution >= 0.6 is 0 Å². The van der Waals surface area contributed by atoms with Gasteiger partial charge in [0.2, 0.25) is 5.88 Å². The highest BCUT2D eigenvalue weighted by atomic mass is 16.7. The largest absolute Gasteiger partial charge is 0.495 e. The summed E-state index contributed by atoms with van der Waals surface area (Å²) in [6.07, 6.45) is 2.29. The van der Waals surface area contributed by atoms with Crippen LogP contribution in [0.25, 0.3) is 0 Å². The lowest BCUT2D eigenvalue weighted by atomic mass is 9.77. The fraction of sp³-hybridized carbons (Fsp3) is 0.538. The van der Waals surface area contributed by atoms with Gasteiger partial charge in [-0.2, -0.15) is 0 Å². The first kappa shape index (κ1) is 14.0. The van der Waals surface area contributed by atoms with E-state index in [0.717, 1.165) is 0 Å². The van der Waals surface area contributed by atoms with Gasteiger partial charge in [0, 0.05) is 6.20 Å². The number of carbonyl (C=O) groups is 1. The van der Waals surface area contributed by atoms with Crippen LogP contribution in [0.15, 0.2) is 12.3 Å². The van der Waals surface area contributed by atoms with Crippen LogP contribution in [0.1, 0.15) is 38.1 Å². The smallest absolute Gasteiger partial charge is 0.480 e. The monoisotopic (exact) mass is 263 g/mol. The minimum atomic E-state index is -0.595. The van der Waals surface area contributed by atoms with Crippen LogP contribution < -0.4 is 10.2 Å². The Morgan fingerprint density at radius 1 is 1.26 bits per heavy atom. The molecular formula is C13H18BNO4. The van der Waals surface area contributed by atoms with Gasteiger partial charge in [-0.1, -0.05) is 0 Å². The predicted octanol–water partition coefficient (Wildman–Crippen LogP) is 1.20. The molecule has 102 valence electrons. The summed E-state index contributed by atoms with van der Waals surface area (Å²) in [5.74, 6) is 0.280. The maximum Gasteiger partial charge on any atom is 0.495 e. The molecule has 2 rings (SSSR count). The van der Waals surface area contributed by atoms with E-state index in [0.29, 0.717) is 17.3 Å². The van der Waals surface area contributed by atoms with Crippen molar-refractivity contribution < 1.29 is 18.8 Å². The lowest BCUT2D eigenvalue weighted by Crippen LogP contribution is -2.41. The first-order chi connectivity index (χ1) is 8.82. The molecule has 0 saturated carbocycles. The van der Waals surface area contributed by atoms with Gasteiger partial charge in [-0.3, -0.25) is 4.79 Å². The highest BCUT2D eigenvalue weighted by Crippen LogP contribution is 2.36. The van der Waals surface area contributed by atoms with Crippen molar-refractivity contribution in [2.45, 2.75) is 38.9 Å². The topological polar surface area (TPSA) is 57.6 Å². The third-order valence-corrected chi connectivity index (χ3v) is 3.81. The summed E-state index contributed by atoms with van der Waals surface area (Å²) in [5.41, 5.74) is 0.104. The minimum Gasteiger partial charge on any atom is -0.480 e. The Kier molecular flexibility index (Phi) is 3.41. The highest BCUT2D eigenvalue weighted by molar-refractivity contribution is 6.63. The Bertz CT molecular complexity index is 485. The van der Waals surface area contributed by atoms with Crippen LogP contribution in [-0.2, 0) is 9.31 Å². The number of rotatable bonds is 3. The Labute approximate surface area is 113 Å². The van der Waals surface area contributed by atoms with Gasteiger partial charge >= 0.3 is 7.12 Å². The van der Waals surface area contributed by atoms with Crippen molar-refractivity contribution in [1.29, 1.82) is 0 Å². The van der Waals surface area contributed by atoms with Crippen LogP contribution in [0.4, 0.5) is 0 Å². The standard InChI is InChI=1S/C13H18BNO4/c1-12(2)13(3,4)19-14(18-12)10-6-7-15-11(17-5)9(10)8-16/h6-8H,1-5H3. The second kappa shape index (κ2) is 4.61. The molecule has 1 fully saturated rings. The molecule has 0 aliphatic carbocycles. The van der Waals surface area contributed by atoms with E-state index >= 15 is 0 Å². The molecule has 0 aromatic carbocycles. The zero-order chi connectivity index (χ0) is 14.3. The number of nitrogens with zero attached hydrogens (tertiary/aromatic N) is 1. The SMILES string of the molecule is COc1nccc(B2OC(C)(C)C(C)(C)O2)c1C=O. The molecular weight excluding hydrogens is 245 g/mol. The number of pyridine rings is 1. The normalized spacial score (nSPS) is 20.4. The van der Waals surface area contributed by atoms with Crippen molar-refractivity contribution in [3.63, 3.8) is 0 Å². The van der Waals surface area contributed by atoms with E-state index in [9.17, 15) is 4.79 Å². The number of carbonyl (C=O) groups excluding carboxylic acids is 1. The van der Waals surface area contributed by atoms with E-state index in [1.54, 1.807) is 12.3 Å². The number of aldehydes is 1. The van der Waals surface area contributed by atoms with Gasteiger partial charge in [-0.15, -0.1) is 0 Å². The quantitative estimate of drug-likeness (QED) is 0.605. The van der Waals surface area contributed by atoms with Crippen LogP contribution in [0.5, 0.6) is 5.88 Å². The van der Waals surface area contributed by atoms with E-state index in [1.807, 2.05) is 27.7 Å². The van der Waals surface area contributed by atoms with Gasteiger partial charge < -0.3 is 14.0 Å². The number of ether oxygens (including phenoxy) is 1. The first-order valence-electron chi connectivity index (χ1n) is 6.16. The second-order valence-corrected chi connectivity index (χ2v) is 5.53. The molecule has 0 unspecified atom stereocenters. The van der Waals surface area contributed by atoms with Gasteiger partial charge in [0.15, 0.2) is 6.29 Å². The van der Waals surface area contributed by atoms with Crippen molar-refractivity contribution in [3.8, 4) is 5.88 Å². The molecule has 19 heavy (non-hydrogen) atoms. The number of aromatic nitrogens is 1. The van der Waals surface area contributed by atoms with Gasteiger partial charge in [-0.05, 0) is 39.2 Å². The fourth-order valence-corrected chi connectivity index (χ4v) is 1.92. The van der Waals surface area contributed by atoms with Crippen LogP contribution in [-0.4, -0.2) is 36.7 Å². The first-order valence-corrected chi connectivity index (χ1v) is 6.16. The van der Waals surface area contributed by atoms with Crippen LogP contribution in [0.3, 0.4) is 0 Å². The summed E-state index contributed by atoms with van der Waals surface area (Å²) in [4.78, 5) is 15.3. The molecule has 0 spiro atoms. The molecule has 0 radical (unpaired) electrons. The fourth-order valence-electron chi connectivity index (χ4n) is 1.92. The van der Waals surface area contributed by atoms with Gasteiger partial charge in [0.1, 0.15) is 0 Å². The van der Waals surface area contributed by atoms with Gasteiger partial charge in [0.25, 0.3) is 0 Å². The van der Waals surface area contributed by atoms with Crippen LogP contribution in [0, 0.1) is 0 Å².